The fourth-order valence-corrected chi connectivity index (χ4v) is 7.38. The maximum Gasteiger partial charge on any atom is 0.136 e. The van der Waals surface area contributed by atoms with Gasteiger partial charge in [-0.2, -0.15) is 0 Å². The highest BCUT2D eigenvalue weighted by Gasteiger charge is 2.20. The smallest absolute Gasteiger partial charge is 0.136 e. The van der Waals surface area contributed by atoms with E-state index in [9.17, 15) is 0 Å². The summed E-state index contributed by atoms with van der Waals surface area (Å²) < 4.78 is 12.1. The summed E-state index contributed by atoms with van der Waals surface area (Å²) in [5, 5.41) is 13.2. The third-order valence-electron chi connectivity index (χ3n) is 9.30. The first-order valence-electron chi connectivity index (χ1n) is 15.0. The van der Waals surface area contributed by atoms with Crippen molar-refractivity contribution in [3.05, 3.63) is 146 Å². The molecule has 0 spiro atoms. The Hall–Kier alpha value is -5.86. The van der Waals surface area contributed by atoms with Crippen molar-refractivity contribution >= 4 is 76.0 Å². The fraction of sp³-hybridized carbons (Fsp3) is 0. The second-order valence-corrected chi connectivity index (χ2v) is 11.7. The Kier molecular flexibility index (Phi) is 4.75. The molecule has 2 heteroatoms. The number of fused-ring (bicyclic) bond motifs is 9. The van der Waals surface area contributed by atoms with Crippen LogP contribution in [0.15, 0.2) is 155 Å². The first kappa shape index (κ1) is 23.7. The van der Waals surface area contributed by atoms with Crippen LogP contribution in [-0.4, -0.2) is 0 Å². The Morgan fingerprint density at radius 2 is 0.955 bits per heavy atom. The maximum atomic E-state index is 6.46. The zero-order valence-electron chi connectivity index (χ0n) is 23.7. The fourth-order valence-electron chi connectivity index (χ4n) is 7.38. The van der Waals surface area contributed by atoms with Crippen LogP contribution in [0.5, 0.6) is 0 Å². The zero-order chi connectivity index (χ0) is 28.8. The van der Waals surface area contributed by atoms with Gasteiger partial charge in [0.15, 0.2) is 0 Å². The van der Waals surface area contributed by atoms with Crippen LogP contribution < -0.4 is 0 Å². The molecule has 0 atom stereocenters. The highest BCUT2D eigenvalue weighted by Crippen LogP contribution is 2.47. The van der Waals surface area contributed by atoms with Crippen LogP contribution >= 0.6 is 0 Å². The summed E-state index contributed by atoms with van der Waals surface area (Å²) in [4.78, 5) is 0. The minimum absolute atomic E-state index is 0.873. The van der Waals surface area contributed by atoms with Crippen LogP contribution in [0.2, 0.25) is 0 Å². The summed E-state index contributed by atoms with van der Waals surface area (Å²) in [5.41, 5.74) is 7.52. The van der Waals surface area contributed by atoms with Crippen molar-refractivity contribution in [2.45, 2.75) is 0 Å². The van der Waals surface area contributed by atoms with E-state index in [1.807, 2.05) is 6.07 Å². The molecule has 2 nitrogen and oxygen atoms in total. The van der Waals surface area contributed by atoms with Gasteiger partial charge in [-0.1, -0.05) is 103 Å². The third-order valence-corrected chi connectivity index (χ3v) is 9.30. The van der Waals surface area contributed by atoms with E-state index < -0.39 is 0 Å². The van der Waals surface area contributed by atoms with Crippen molar-refractivity contribution in [1.29, 1.82) is 0 Å². The molecule has 0 unspecified atom stereocenters. The van der Waals surface area contributed by atoms with Gasteiger partial charge in [-0.25, -0.2) is 0 Å². The Bertz CT molecular complexity index is 2720. The standard InChI is InChI=1S/C42H24O2/c1-2-10-28-25(9-1)21-37(30-12-4-3-11-29(28)30)42-34-15-7-5-13-32(34)41(33-14-6-8-16-35(33)42)27-17-18-31-36-24-38-26(19-20-43-38)22-40(36)44-39(31)23-27/h1-24H. The molecule has 0 bridgehead atoms. The van der Waals surface area contributed by atoms with E-state index in [1.54, 1.807) is 6.26 Å². The Balaban J connectivity index is 1.31. The quantitative estimate of drug-likeness (QED) is 0.155. The summed E-state index contributed by atoms with van der Waals surface area (Å²) in [7, 11) is 0. The summed E-state index contributed by atoms with van der Waals surface area (Å²) in [5.74, 6) is 0. The van der Waals surface area contributed by atoms with Gasteiger partial charge in [-0.05, 0) is 102 Å². The number of hydrogen-bond donors (Lipinski definition) is 0. The Morgan fingerprint density at radius 1 is 0.341 bits per heavy atom. The monoisotopic (exact) mass is 560 g/mol. The van der Waals surface area contributed by atoms with E-state index in [4.69, 9.17) is 8.83 Å². The lowest BCUT2D eigenvalue weighted by Gasteiger charge is -2.19. The molecule has 0 aliphatic rings. The minimum Gasteiger partial charge on any atom is -0.464 e. The van der Waals surface area contributed by atoms with Gasteiger partial charge in [0.2, 0.25) is 0 Å². The zero-order valence-corrected chi connectivity index (χ0v) is 23.7. The number of furan rings is 2. The first-order valence-corrected chi connectivity index (χ1v) is 15.0. The van der Waals surface area contributed by atoms with E-state index in [0.29, 0.717) is 0 Å². The number of rotatable bonds is 2. The van der Waals surface area contributed by atoms with Gasteiger partial charge in [0.25, 0.3) is 0 Å². The molecule has 10 rings (SSSR count). The Morgan fingerprint density at radius 3 is 1.70 bits per heavy atom. The van der Waals surface area contributed by atoms with Crippen LogP contribution in [0.1, 0.15) is 0 Å². The van der Waals surface area contributed by atoms with Gasteiger partial charge >= 0.3 is 0 Å². The van der Waals surface area contributed by atoms with Gasteiger partial charge in [-0.3, -0.25) is 0 Å². The molecule has 0 fully saturated rings. The molecule has 2 aromatic heterocycles. The van der Waals surface area contributed by atoms with Crippen molar-refractivity contribution in [2.75, 3.05) is 0 Å². The SMILES string of the molecule is c1ccc2c(c1)cc(-c1c3ccccc3c(-c3ccc4c(c3)oc3cc5ccoc5cc34)c3ccccc13)c1ccccc12. The summed E-state index contributed by atoms with van der Waals surface area (Å²) >= 11 is 0. The average molecular weight is 561 g/mol. The molecular formula is C42H24O2. The van der Waals surface area contributed by atoms with Crippen LogP contribution in [0.3, 0.4) is 0 Å². The summed E-state index contributed by atoms with van der Waals surface area (Å²) in [6.45, 7) is 0. The third kappa shape index (κ3) is 3.25. The average Bonchev–Trinajstić information content (AvgIpc) is 3.69. The largest absolute Gasteiger partial charge is 0.464 e. The first-order chi connectivity index (χ1) is 21.8. The molecule has 2 heterocycles. The van der Waals surface area contributed by atoms with E-state index in [-0.39, 0.29) is 0 Å². The highest BCUT2D eigenvalue weighted by atomic mass is 16.3. The van der Waals surface area contributed by atoms with Gasteiger partial charge < -0.3 is 8.83 Å². The molecule has 0 aliphatic heterocycles. The van der Waals surface area contributed by atoms with Crippen LogP contribution in [0.25, 0.3) is 98.3 Å². The maximum absolute atomic E-state index is 6.46. The Labute approximate surface area is 252 Å². The molecule has 0 amide bonds. The molecule has 0 N–H and O–H groups in total. The second kappa shape index (κ2) is 8.82. The molecular weight excluding hydrogens is 536 g/mol. The van der Waals surface area contributed by atoms with Crippen molar-refractivity contribution < 1.29 is 8.83 Å². The topological polar surface area (TPSA) is 26.3 Å². The van der Waals surface area contributed by atoms with E-state index in [2.05, 4.69) is 133 Å². The number of benzene rings is 8. The van der Waals surface area contributed by atoms with Crippen molar-refractivity contribution in [3.63, 3.8) is 0 Å². The van der Waals surface area contributed by atoms with Crippen LogP contribution in [0, 0.1) is 0 Å². The van der Waals surface area contributed by atoms with Crippen molar-refractivity contribution in [3.8, 4) is 22.3 Å². The minimum atomic E-state index is 0.873. The van der Waals surface area contributed by atoms with Crippen LogP contribution in [-0.2, 0) is 0 Å². The second-order valence-electron chi connectivity index (χ2n) is 11.7. The highest BCUT2D eigenvalue weighted by molar-refractivity contribution is 6.26. The van der Waals surface area contributed by atoms with Gasteiger partial charge in [0.05, 0.1) is 6.26 Å². The molecule has 0 saturated carbocycles. The lowest BCUT2D eigenvalue weighted by molar-refractivity contribution is 0.616. The molecule has 44 heavy (non-hydrogen) atoms. The normalized spacial score (nSPS) is 12.1. The van der Waals surface area contributed by atoms with Crippen molar-refractivity contribution in [2.24, 2.45) is 0 Å². The predicted molar refractivity (Wildman–Crippen MR) is 184 cm³/mol. The predicted octanol–water partition coefficient (Wildman–Crippen LogP) is 12.3. The molecule has 8 aromatic carbocycles. The summed E-state index contributed by atoms with van der Waals surface area (Å²) in [6, 6.07) is 50.4. The molecule has 10 aromatic rings. The van der Waals surface area contributed by atoms with Crippen molar-refractivity contribution in [1.82, 2.24) is 0 Å². The molecule has 0 radical (unpaired) electrons. The van der Waals surface area contributed by atoms with Gasteiger partial charge in [0.1, 0.15) is 16.7 Å². The molecule has 0 saturated heterocycles. The molecule has 204 valence electrons. The molecule has 0 aliphatic carbocycles. The van der Waals surface area contributed by atoms with Gasteiger partial charge in [0, 0.05) is 16.2 Å². The lowest BCUT2D eigenvalue weighted by Crippen LogP contribution is -1.92. The van der Waals surface area contributed by atoms with E-state index >= 15 is 0 Å². The lowest BCUT2D eigenvalue weighted by atomic mass is 9.84. The van der Waals surface area contributed by atoms with Gasteiger partial charge in [-0.15, -0.1) is 0 Å². The van der Waals surface area contributed by atoms with E-state index in [1.165, 1.54) is 59.8 Å². The van der Waals surface area contributed by atoms with Crippen LogP contribution in [0.4, 0.5) is 0 Å². The van der Waals surface area contributed by atoms with E-state index in [0.717, 1.165) is 38.5 Å². The summed E-state index contributed by atoms with van der Waals surface area (Å²) in [6.07, 6.45) is 1.73. The number of hydrogen-bond acceptors (Lipinski definition) is 2.